The zero-order valence-electron chi connectivity index (χ0n) is 19.8. The number of para-hydroxylation sites is 2. The van der Waals surface area contributed by atoms with Crippen LogP contribution in [0, 0.1) is 34.6 Å². The highest BCUT2D eigenvalue weighted by molar-refractivity contribution is 5.94. The lowest BCUT2D eigenvalue weighted by Gasteiger charge is -2.20. The fourth-order valence-corrected chi connectivity index (χ4v) is 4.33. The van der Waals surface area contributed by atoms with Crippen molar-refractivity contribution in [3.8, 4) is 0 Å². The molecular formula is C28H31N3O. The van der Waals surface area contributed by atoms with Crippen molar-refractivity contribution < 1.29 is 4.79 Å². The minimum Gasteiger partial charge on any atom is -0.342 e. The first-order chi connectivity index (χ1) is 15.3. The average molecular weight is 426 g/mol. The molecule has 0 bridgehead atoms. The summed E-state index contributed by atoms with van der Waals surface area (Å²) in [6.45, 7) is 13.5. The van der Waals surface area contributed by atoms with Crippen molar-refractivity contribution in [2.45, 2.75) is 54.1 Å². The Kier molecular flexibility index (Phi) is 5.88. The second-order valence-corrected chi connectivity index (χ2v) is 8.84. The van der Waals surface area contributed by atoms with Gasteiger partial charge in [0, 0.05) is 12.1 Å². The number of imidazole rings is 1. The second-order valence-electron chi connectivity index (χ2n) is 8.84. The first kappa shape index (κ1) is 21.8. The molecule has 4 aromatic rings. The molecule has 0 aliphatic heterocycles. The standard InChI is InChI=1S/C28H31N3O/c1-17-11-13-23(14-12-17)28(32)29-22(6)27-30-25-9-7-8-10-26(25)31(27)16-24-20(4)18(2)15-19(3)21(24)5/h7-15,22H,16H2,1-6H3,(H,29,32). The summed E-state index contributed by atoms with van der Waals surface area (Å²) in [5.41, 5.74) is 10.4. The molecule has 1 atom stereocenters. The number of nitrogens with zero attached hydrogens (tertiary/aromatic N) is 2. The lowest BCUT2D eigenvalue weighted by molar-refractivity contribution is 0.0937. The van der Waals surface area contributed by atoms with Crippen molar-refractivity contribution in [3.63, 3.8) is 0 Å². The summed E-state index contributed by atoms with van der Waals surface area (Å²) >= 11 is 0. The van der Waals surface area contributed by atoms with Gasteiger partial charge in [0.25, 0.3) is 5.91 Å². The molecule has 4 nitrogen and oxygen atoms in total. The van der Waals surface area contributed by atoms with Crippen LogP contribution in [0.2, 0.25) is 0 Å². The third kappa shape index (κ3) is 4.05. The van der Waals surface area contributed by atoms with Gasteiger partial charge in [-0.15, -0.1) is 0 Å². The molecular weight excluding hydrogens is 394 g/mol. The molecule has 4 heteroatoms. The summed E-state index contributed by atoms with van der Waals surface area (Å²) < 4.78 is 2.25. The van der Waals surface area contributed by atoms with Crippen LogP contribution in [0.1, 0.15) is 62.5 Å². The van der Waals surface area contributed by atoms with E-state index in [4.69, 9.17) is 4.98 Å². The van der Waals surface area contributed by atoms with Gasteiger partial charge in [-0.1, -0.05) is 35.9 Å². The van der Waals surface area contributed by atoms with E-state index >= 15 is 0 Å². The zero-order valence-corrected chi connectivity index (χ0v) is 19.8. The minimum atomic E-state index is -0.234. The van der Waals surface area contributed by atoms with Gasteiger partial charge in [-0.05, 0) is 93.6 Å². The van der Waals surface area contributed by atoms with E-state index in [1.54, 1.807) is 0 Å². The molecule has 0 saturated heterocycles. The zero-order chi connectivity index (χ0) is 23.0. The number of aromatic nitrogens is 2. The van der Waals surface area contributed by atoms with Crippen LogP contribution in [-0.4, -0.2) is 15.5 Å². The van der Waals surface area contributed by atoms with Crippen LogP contribution >= 0.6 is 0 Å². The Balaban J connectivity index is 1.74. The normalized spacial score (nSPS) is 12.2. The highest BCUT2D eigenvalue weighted by atomic mass is 16.1. The molecule has 32 heavy (non-hydrogen) atoms. The summed E-state index contributed by atoms with van der Waals surface area (Å²) in [5, 5.41) is 3.15. The van der Waals surface area contributed by atoms with Crippen LogP contribution in [0.15, 0.2) is 54.6 Å². The second kappa shape index (κ2) is 8.62. The molecule has 3 aromatic carbocycles. The van der Waals surface area contributed by atoms with Crippen LogP contribution in [0.4, 0.5) is 0 Å². The van der Waals surface area contributed by atoms with Crippen LogP contribution in [0.25, 0.3) is 11.0 Å². The van der Waals surface area contributed by atoms with E-state index < -0.39 is 0 Å². The molecule has 0 spiro atoms. The molecule has 0 aliphatic rings. The van der Waals surface area contributed by atoms with E-state index in [1.165, 1.54) is 27.8 Å². The predicted molar refractivity (Wildman–Crippen MR) is 131 cm³/mol. The topological polar surface area (TPSA) is 46.9 Å². The first-order valence-corrected chi connectivity index (χ1v) is 11.1. The average Bonchev–Trinajstić information content (AvgIpc) is 3.14. The molecule has 1 aromatic heterocycles. The molecule has 0 fully saturated rings. The maximum absolute atomic E-state index is 12.9. The lowest BCUT2D eigenvalue weighted by atomic mass is 9.94. The fourth-order valence-electron chi connectivity index (χ4n) is 4.33. The Labute approximate surface area is 190 Å². The molecule has 1 heterocycles. The molecule has 4 rings (SSSR count). The third-order valence-corrected chi connectivity index (χ3v) is 6.57. The number of amides is 1. The molecule has 0 radical (unpaired) electrons. The Hall–Kier alpha value is -3.40. The Morgan fingerprint density at radius 2 is 1.56 bits per heavy atom. The first-order valence-electron chi connectivity index (χ1n) is 11.1. The van der Waals surface area contributed by atoms with Gasteiger partial charge in [-0.3, -0.25) is 4.79 Å². The molecule has 0 saturated carbocycles. The van der Waals surface area contributed by atoms with E-state index in [2.05, 4.69) is 49.7 Å². The quantitative estimate of drug-likeness (QED) is 0.419. The molecule has 1 unspecified atom stereocenters. The van der Waals surface area contributed by atoms with Gasteiger partial charge < -0.3 is 9.88 Å². The number of carbonyl (C=O) groups excluding carboxylic acids is 1. The van der Waals surface area contributed by atoms with Gasteiger partial charge >= 0.3 is 0 Å². The van der Waals surface area contributed by atoms with Gasteiger partial charge in [0.2, 0.25) is 0 Å². The highest BCUT2D eigenvalue weighted by Crippen LogP contribution is 2.27. The number of nitrogens with one attached hydrogen (secondary N) is 1. The molecule has 1 amide bonds. The van der Waals surface area contributed by atoms with Crippen molar-refractivity contribution >= 4 is 16.9 Å². The van der Waals surface area contributed by atoms with Crippen LogP contribution in [-0.2, 0) is 6.54 Å². The van der Waals surface area contributed by atoms with Gasteiger partial charge in [0.1, 0.15) is 5.82 Å². The SMILES string of the molecule is Cc1ccc(C(=O)NC(C)c2nc3ccccc3n2Cc2c(C)c(C)cc(C)c2C)cc1. The maximum Gasteiger partial charge on any atom is 0.251 e. The lowest BCUT2D eigenvalue weighted by Crippen LogP contribution is -2.29. The van der Waals surface area contributed by atoms with Crippen molar-refractivity contribution in [1.29, 1.82) is 0 Å². The van der Waals surface area contributed by atoms with E-state index in [9.17, 15) is 4.79 Å². The number of rotatable bonds is 5. The van der Waals surface area contributed by atoms with Crippen molar-refractivity contribution in [2.75, 3.05) is 0 Å². The van der Waals surface area contributed by atoms with E-state index in [0.717, 1.165) is 29.0 Å². The predicted octanol–water partition coefficient (Wildman–Crippen LogP) is 6.12. The minimum absolute atomic E-state index is 0.0881. The smallest absolute Gasteiger partial charge is 0.251 e. The van der Waals surface area contributed by atoms with Crippen LogP contribution in [0.3, 0.4) is 0 Å². The van der Waals surface area contributed by atoms with E-state index in [-0.39, 0.29) is 11.9 Å². The monoisotopic (exact) mass is 425 g/mol. The summed E-state index contributed by atoms with van der Waals surface area (Å²) in [7, 11) is 0. The Morgan fingerprint density at radius 3 is 2.22 bits per heavy atom. The van der Waals surface area contributed by atoms with E-state index in [1.807, 2.05) is 56.3 Å². The van der Waals surface area contributed by atoms with Crippen molar-refractivity contribution in [1.82, 2.24) is 14.9 Å². The van der Waals surface area contributed by atoms with Crippen molar-refractivity contribution in [2.24, 2.45) is 0 Å². The molecule has 0 aliphatic carbocycles. The van der Waals surface area contributed by atoms with Gasteiger partial charge in [0.05, 0.1) is 17.1 Å². The summed E-state index contributed by atoms with van der Waals surface area (Å²) in [5.74, 6) is 0.777. The van der Waals surface area contributed by atoms with Gasteiger partial charge in [-0.25, -0.2) is 4.98 Å². The number of hydrogen-bond donors (Lipinski definition) is 1. The van der Waals surface area contributed by atoms with Gasteiger partial charge in [0.15, 0.2) is 0 Å². The van der Waals surface area contributed by atoms with E-state index in [0.29, 0.717) is 5.56 Å². The molecule has 164 valence electrons. The number of aryl methyl sites for hydroxylation is 3. The Morgan fingerprint density at radius 1 is 0.938 bits per heavy atom. The number of hydrogen-bond acceptors (Lipinski definition) is 2. The largest absolute Gasteiger partial charge is 0.342 e. The number of fused-ring (bicyclic) bond motifs is 1. The van der Waals surface area contributed by atoms with Crippen LogP contribution in [0.5, 0.6) is 0 Å². The maximum atomic E-state index is 12.9. The third-order valence-electron chi connectivity index (χ3n) is 6.57. The Bertz CT molecular complexity index is 1270. The fraction of sp³-hybridized carbons (Fsp3) is 0.286. The highest BCUT2D eigenvalue weighted by Gasteiger charge is 2.20. The van der Waals surface area contributed by atoms with Gasteiger partial charge in [-0.2, -0.15) is 0 Å². The molecule has 1 N–H and O–H groups in total. The summed E-state index contributed by atoms with van der Waals surface area (Å²) in [4.78, 5) is 17.8. The van der Waals surface area contributed by atoms with Crippen molar-refractivity contribution in [3.05, 3.63) is 99.4 Å². The van der Waals surface area contributed by atoms with Crippen LogP contribution < -0.4 is 5.32 Å². The number of benzene rings is 3. The number of carbonyl (C=O) groups is 1. The summed E-state index contributed by atoms with van der Waals surface area (Å²) in [6, 6.07) is 17.9. The summed E-state index contributed by atoms with van der Waals surface area (Å²) in [6.07, 6.45) is 0.